The van der Waals surface area contributed by atoms with Gasteiger partial charge in [0.1, 0.15) is 0 Å². The predicted octanol–water partition coefficient (Wildman–Crippen LogP) is 3.88. The van der Waals surface area contributed by atoms with E-state index < -0.39 is 10.8 Å². The quantitative estimate of drug-likeness (QED) is 0.771. The molecule has 0 fully saturated rings. The van der Waals surface area contributed by atoms with Crippen LogP contribution in [0.2, 0.25) is 0 Å². The van der Waals surface area contributed by atoms with E-state index >= 15 is 0 Å². The van der Waals surface area contributed by atoms with Crippen LogP contribution in [0.15, 0.2) is 70.5 Å². The molecule has 0 aliphatic carbocycles. The summed E-state index contributed by atoms with van der Waals surface area (Å²) < 4.78 is 12.6. The van der Waals surface area contributed by atoms with Crippen LogP contribution in [-0.2, 0) is 10.8 Å². The molecule has 0 atom stereocenters. The molecule has 1 heterocycles. The second-order valence-electron chi connectivity index (χ2n) is 4.75. The summed E-state index contributed by atoms with van der Waals surface area (Å²) in [5.41, 5.74) is 3.11. The number of nitrogens with zero attached hydrogens (tertiary/aromatic N) is 1. The molecule has 0 spiro atoms. The largest absolute Gasteiger partial charge is 0.335 e. The summed E-state index contributed by atoms with van der Waals surface area (Å²) in [4.78, 5) is 3.94. The van der Waals surface area contributed by atoms with Gasteiger partial charge in [-0.05, 0) is 31.2 Å². The van der Waals surface area contributed by atoms with E-state index in [0.717, 1.165) is 33.3 Å². The van der Waals surface area contributed by atoms with Crippen molar-refractivity contribution in [3.63, 3.8) is 0 Å². The summed E-state index contributed by atoms with van der Waals surface area (Å²) in [6, 6.07) is 15.7. The number of anilines is 2. The van der Waals surface area contributed by atoms with E-state index in [0.29, 0.717) is 0 Å². The van der Waals surface area contributed by atoms with E-state index in [4.69, 9.17) is 0 Å². The zero-order chi connectivity index (χ0) is 13.4. The highest BCUT2D eigenvalue weighted by atomic mass is 32.2. The lowest BCUT2D eigenvalue weighted by molar-refractivity contribution is 0.681. The summed E-state index contributed by atoms with van der Waals surface area (Å²) in [5.74, 6) is 0. The van der Waals surface area contributed by atoms with Gasteiger partial charge >= 0.3 is 0 Å². The molecule has 0 amide bonds. The van der Waals surface area contributed by atoms with Crippen LogP contribution in [0.5, 0.6) is 0 Å². The van der Waals surface area contributed by atoms with Crippen LogP contribution < -0.4 is 4.90 Å². The minimum Gasteiger partial charge on any atom is -0.335 e. The molecule has 2 aromatic rings. The van der Waals surface area contributed by atoms with Gasteiger partial charge in [0.25, 0.3) is 0 Å². The monoisotopic (exact) mass is 269 g/mol. The van der Waals surface area contributed by atoms with Crippen LogP contribution in [0.25, 0.3) is 0 Å². The van der Waals surface area contributed by atoms with Gasteiger partial charge in [0.05, 0.1) is 32.0 Å². The van der Waals surface area contributed by atoms with Gasteiger partial charge in [0.15, 0.2) is 0 Å². The van der Waals surface area contributed by atoms with E-state index in [2.05, 4.69) is 11.5 Å². The van der Waals surface area contributed by atoms with Gasteiger partial charge < -0.3 is 4.90 Å². The first kappa shape index (κ1) is 12.2. The second-order valence-corrected chi connectivity index (χ2v) is 6.16. The molecule has 19 heavy (non-hydrogen) atoms. The van der Waals surface area contributed by atoms with Crippen LogP contribution in [0.4, 0.5) is 11.4 Å². The van der Waals surface area contributed by atoms with Gasteiger partial charge in [-0.2, -0.15) is 0 Å². The lowest BCUT2D eigenvalue weighted by Crippen LogP contribution is -2.25. The molecule has 0 radical (unpaired) electrons. The Bertz CT molecular complexity index is 628. The fraction of sp³-hybridized carbons (Fsp3) is 0.125. The smallest absolute Gasteiger partial charge is 0.0892 e. The minimum absolute atomic E-state index is 0.741. The minimum atomic E-state index is -1.10. The van der Waals surface area contributed by atoms with E-state index in [-0.39, 0.29) is 0 Å². The van der Waals surface area contributed by atoms with E-state index in [1.54, 1.807) is 0 Å². The van der Waals surface area contributed by atoms with E-state index in [1.165, 1.54) is 0 Å². The Morgan fingerprint density at radius 1 is 1.05 bits per heavy atom. The number of fused-ring (bicyclic) bond motifs is 2. The van der Waals surface area contributed by atoms with Crippen LogP contribution in [0.1, 0.15) is 6.92 Å². The van der Waals surface area contributed by atoms with Crippen molar-refractivity contribution >= 4 is 22.2 Å². The lowest BCUT2D eigenvalue weighted by Gasteiger charge is -2.32. The number of para-hydroxylation sites is 2. The number of benzene rings is 2. The van der Waals surface area contributed by atoms with E-state index in [9.17, 15) is 4.21 Å². The first-order chi connectivity index (χ1) is 9.18. The SMILES string of the molecule is C=C(C)CN1c2ccccc2S(=O)c2ccccc21. The molecule has 0 saturated heterocycles. The molecule has 0 aromatic heterocycles. The fourth-order valence-electron chi connectivity index (χ4n) is 2.36. The Labute approximate surface area is 115 Å². The molecular formula is C16H15NOS. The first-order valence-corrected chi connectivity index (χ1v) is 7.35. The van der Waals surface area contributed by atoms with Gasteiger partial charge in [-0.25, -0.2) is 4.21 Å². The summed E-state index contributed by atoms with van der Waals surface area (Å²) in [6.45, 7) is 6.75. The fourth-order valence-corrected chi connectivity index (χ4v) is 3.74. The average molecular weight is 269 g/mol. The third-order valence-corrected chi connectivity index (χ3v) is 4.63. The average Bonchev–Trinajstić information content (AvgIpc) is 2.43. The van der Waals surface area contributed by atoms with Crippen molar-refractivity contribution in [2.24, 2.45) is 0 Å². The lowest BCUT2D eigenvalue weighted by atomic mass is 10.2. The molecule has 2 nitrogen and oxygen atoms in total. The molecule has 3 heteroatoms. The maximum atomic E-state index is 12.6. The summed E-state index contributed by atoms with van der Waals surface area (Å²) >= 11 is 0. The molecule has 2 aromatic carbocycles. The summed E-state index contributed by atoms with van der Waals surface area (Å²) in [7, 11) is -1.10. The van der Waals surface area contributed by atoms with Crippen LogP contribution in [0.3, 0.4) is 0 Å². The predicted molar refractivity (Wildman–Crippen MR) is 79.4 cm³/mol. The Balaban J connectivity index is 2.23. The zero-order valence-corrected chi connectivity index (χ0v) is 11.6. The molecule has 1 aliphatic rings. The van der Waals surface area contributed by atoms with Crippen LogP contribution >= 0.6 is 0 Å². The van der Waals surface area contributed by atoms with Crippen molar-refractivity contribution < 1.29 is 4.21 Å². The van der Waals surface area contributed by atoms with Crippen molar-refractivity contribution in [1.29, 1.82) is 0 Å². The van der Waals surface area contributed by atoms with Crippen molar-refractivity contribution in [2.75, 3.05) is 11.4 Å². The number of hydrogen-bond donors (Lipinski definition) is 0. The third-order valence-electron chi connectivity index (χ3n) is 3.14. The molecule has 3 rings (SSSR count). The van der Waals surface area contributed by atoms with Crippen LogP contribution in [0, 0.1) is 0 Å². The highest BCUT2D eigenvalue weighted by Gasteiger charge is 2.27. The first-order valence-electron chi connectivity index (χ1n) is 6.20. The van der Waals surface area contributed by atoms with Crippen molar-refractivity contribution in [2.45, 2.75) is 16.7 Å². The van der Waals surface area contributed by atoms with Gasteiger partial charge in [0.2, 0.25) is 0 Å². The van der Waals surface area contributed by atoms with E-state index in [1.807, 2.05) is 55.5 Å². The van der Waals surface area contributed by atoms with Crippen molar-refractivity contribution in [1.82, 2.24) is 0 Å². The Hall–Kier alpha value is -1.87. The highest BCUT2D eigenvalue weighted by molar-refractivity contribution is 7.85. The topological polar surface area (TPSA) is 20.3 Å². The Kier molecular flexibility index (Phi) is 2.99. The summed E-state index contributed by atoms with van der Waals surface area (Å²) in [6.07, 6.45) is 0. The zero-order valence-electron chi connectivity index (χ0n) is 10.8. The van der Waals surface area contributed by atoms with Crippen LogP contribution in [-0.4, -0.2) is 10.8 Å². The van der Waals surface area contributed by atoms with Gasteiger partial charge in [-0.1, -0.05) is 36.4 Å². The Morgan fingerprint density at radius 2 is 1.53 bits per heavy atom. The maximum Gasteiger partial charge on any atom is 0.0892 e. The molecule has 0 saturated carbocycles. The Morgan fingerprint density at radius 3 is 2.00 bits per heavy atom. The van der Waals surface area contributed by atoms with Crippen molar-refractivity contribution in [3.8, 4) is 0 Å². The third kappa shape index (κ3) is 2.00. The molecule has 0 N–H and O–H groups in total. The van der Waals surface area contributed by atoms with Gasteiger partial charge in [-0.15, -0.1) is 0 Å². The number of hydrogen-bond acceptors (Lipinski definition) is 2. The molecule has 0 bridgehead atoms. The molecule has 96 valence electrons. The van der Waals surface area contributed by atoms with Gasteiger partial charge in [0, 0.05) is 6.54 Å². The highest BCUT2D eigenvalue weighted by Crippen LogP contribution is 2.41. The number of rotatable bonds is 2. The normalized spacial score (nSPS) is 13.8. The molecule has 0 unspecified atom stereocenters. The van der Waals surface area contributed by atoms with Crippen molar-refractivity contribution in [3.05, 3.63) is 60.7 Å². The summed E-state index contributed by atoms with van der Waals surface area (Å²) in [5, 5.41) is 0. The molecular weight excluding hydrogens is 254 g/mol. The molecule has 1 aliphatic heterocycles. The maximum absolute atomic E-state index is 12.6. The standard InChI is InChI=1S/C16H15NOS/c1-12(2)11-17-13-7-3-5-9-15(13)19(18)16-10-6-4-8-14(16)17/h3-10H,1,11H2,2H3. The van der Waals surface area contributed by atoms with Gasteiger partial charge in [-0.3, -0.25) is 0 Å². The second kappa shape index (κ2) is 4.67.